The molecule has 9 nitrogen and oxygen atoms in total. The standard InChI is InChI=1S/C32H44N4O5/c1-3-4-18-36-30(38)28(29(37)24-8-6-5-7-9-24)34-31(39)32(36)16-19-35(20-17-32)22-23-10-15-27(33-21-23)41-26-13-11-25(40-2)12-14-26/h10-15,21,24,28-29,37H,3-9,16-20,22H2,1-2H3,(H,34,39). The van der Waals surface area contributed by atoms with Crippen LogP contribution in [0.5, 0.6) is 17.4 Å². The number of piperazine rings is 1. The minimum absolute atomic E-state index is 0.0727. The van der Waals surface area contributed by atoms with Crippen LogP contribution < -0.4 is 14.8 Å². The van der Waals surface area contributed by atoms with Crippen LogP contribution in [0.15, 0.2) is 42.6 Å². The molecule has 2 atom stereocenters. The largest absolute Gasteiger partial charge is 0.497 e. The second-order valence-corrected chi connectivity index (χ2v) is 11.8. The lowest BCUT2D eigenvalue weighted by molar-refractivity contribution is -0.166. The fraction of sp³-hybridized carbons (Fsp3) is 0.594. The Kier molecular flexibility index (Phi) is 9.45. The van der Waals surface area contributed by atoms with Crippen LogP contribution >= 0.6 is 0 Å². The Bertz CT molecular complexity index is 1160. The molecule has 2 N–H and O–H groups in total. The zero-order valence-corrected chi connectivity index (χ0v) is 24.4. The third-order valence-electron chi connectivity index (χ3n) is 9.14. The van der Waals surface area contributed by atoms with E-state index in [4.69, 9.17) is 9.47 Å². The highest BCUT2D eigenvalue weighted by Crippen LogP contribution is 2.36. The van der Waals surface area contributed by atoms with Gasteiger partial charge in [-0.15, -0.1) is 0 Å². The Morgan fingerprint density at radius 2 is 1.76 bits per heavy atom. The van der Waals surface area contributed by atoms with Crippen LogP contribution in [-0.2, 0) is 16.1 Å². The molecule has 3 heterocycles. The zero-order valence-electron chi connectivity index (χ0n) is 24.4. The molecule has 2 aromatic rings. The number of aliphatic hydroxyl groups is 1. The van der Waals surface area contributed by atoms with Crippen molar-refractivity contribution in [3.63, 3.8) is 0 Å². The number of aromatic nitrogens is 1. The maximum absolute atomic E-state index is 13.8. The Balaban J connectivity index is 1.20. The maximum Gasteiger partial charge on any atom is 0.248 e. The van der Waals surface area contributed by atoms with Gasteiger partial charge >= 0.3 is 0 Å². The summed E-state index contributed by atoms with van der Waals surface area (Å²) in [6.07, 6.45) is 9.09. The minimum atomic E-state index is -0.847. The molecule has 1 aliphatic carbocycles. The number of pyridine rings is 1. The molecule has 41 heavy (non-hydrogen) atoms. The van der Waals surface area contributed by atoms with Crippen LogP contribution in [0.4, 0.5) is 0 Å². The van der Waals surface area contributed by atoms with Crippen molar-refractivity contribution in [1.29, 1.82) is 0 Å². The predicted molar refractivity (Wildman–Crippen MR) is 156 cm³/mol. The number of nitrogens with one attached hydrogen (secondary N) is 1. The lowest BCUT2D eigenvalue weighted by Gasteiger charge is -2.52. The van der Waals surface area contributed by atoms with Crippen molar-refractivity contribution in [2.45, 2.75) is 88.9 Å². The number of methoxy groups -OCH3 is 1. The van der Waals surface area contributed by atoms with Gasteiger partial charge in [-0.05, 0) is 67.9 Å². The van der Waals surface area contributed by atoms with E-state index in [0.717, 1.165) is 49.8 Å². The molecule has 2 amide bonds. The second kappa shape index (κ2) is 13.2. The van der Waals surface area contributed by atoms with E-state index in [9.17, 15) is 14.7 Å². The van der Waals surface area contributed by atoms with Gasteiger partial charge in [-0.1, -0.05) is 38.7 Å². The van der Waals surface area contributed by atoms with Crippen molar-refractivity contribution in [2.75, 3.05) is 26.7 Å². The number of carbonyl (C=O) groups is 2. The third kappa shape index (κ3) is 6.51. The number of rotatable bonds is 10. The second-order valence-electron chi connectivity index (χ2n) is 11.8. The molecular weight excluding hydrogens is 520 g/mol. The quantitative estimate of drug-likeness (QED) is 0.444. The van der Waals surface area contributed by atoms with E-state index < -0.39 is 17.7 Å². The molecule has 1 saturated carbocycles. The van der Waals surface area contributed by atoms with Gasteiger partial charge in [0.05, 0.1) is 13.2 Å². The molecule has 2 saturated heterocycles. The topological polar surface area (TPSA) is 104 Å². The molecule has 222 valence electrons. The molecular formula is C32H44N4O5. The number of benzene rings is 1. The third-order valence-corrected chi connectivity index (χ3v) is 9.14. The number of piperidine rings is 1. The number of amides is 2. The van der Waals surface area contributed by atoms with Crippen LogP contribution in [0.25, 0.3) is 0 Å². The number of unbranched alkanes of at least 4 members (excludes halogenated alkanes) is 1. The number of nitrogens with zero attached hydrogens (tertiary/aromatic N) is 3. The number of hydrogen-bond donors (Lipinski definition) is 2. The molecule has 1 aromatic heterocycles. The minimum Gasteiger partial charge on any atom is -0.497 e. The van der Waals surface area contributed by atoms with Gasteiger partial charge in [-0.2, -0.15) is 0 Å². The highest BCUT2D eigenvalue weighted by atomic mass is 16.5. The Morgan fingerprint density at radius 3 is 2.39 bits per heavy atom. The lowest BCUT2D eigenvalue weighted by Crippen LogP contribution is -2.75. The maximum atomic E-state index is 13.8. The first-order valence-corrected chi connectivity index (χ1v) is 15.2. The highest BCUT2D eigenvalue weighted by Gasteiger charge is 2.55. The zero-order chi connectivity index (χ0) is 28.8. The number of carbonyl (C=O) groups excluding carboxylic acids is 2. The van der Waals surface area contributed by atoms with Crippen LogP contribution in [0.3, 0.4) is 0 Å². The molecule has 0 radical (unpaired) electrons. The first kappa shape index (κ1) is 29.3. The SMILES string of the molecule is CCCCN1C(=O)C(C(O)C2CCCCC2)NC(=O)C12CCN(Cc1ccc(Oc3ccc(OC)cc3)nc1)CC2. The fourth-order valence-electron chi connectivity index (χ4n) is 6.62. The van der Waals surface area contributed by atoms with E-state index in [1.165, 1.54) is 6.42 Å². The van der Waals surface area contributed by atoms with Crippen molar-refractivity contribution in [3.05, 3.63) is 48.2 Å². The van der Waals surface area contributed by atoms with Gasteiger partial charge < -0.3 is 24.8 Å². The fourth-order valence-corrected chi connectivity index (χ4v) is 6.62. The first-order chi connectivity index (χ1) is 19.9. The Labute approximate surface area is 243 Å². The Morgan fingerprint density at radius 1 is 1.05 bits per heavy atom. The summed E-state index contributed by atoms with van der Waals surface area (Å²) in [6, 6.07) is 10.4. The average Bonchev–Trinajstić information content (AvgIpc) is 3.01. The molecule has 3 aliphatic rings. The Hall–Kier alpha value is -3.17. The van der Waals surface area contributed by atoms with Crippen molar-refractivity contribution < 1.29 is 24.2 Å². The number of hydrogen-bond acceptors (Lipinski definition) is 7. The lowest BCUT2D eigenvalue weighted by atomic mass is 9.78. The summed E-state index contributed by atoms with van der Waals surface area (Å²) in [4.78, 5) is 36.1. The molecule has 2 aliphatic heterocycles. The number of aliphatic hydroxyl groups excluding tert-OH is 1. The van der Waals surface area contributed by atoms with E-state index in [2.05, 4.69) is 22.1 Å². The smallest absolute Gasteiger partial charge is 0.248 e. The monoisotopic (exact) mass is 564 g/mol. The van der Waals surface area contributed by atoms with Gasteiger partial charge in [0, 0.05) is 38.4 Å². The first-order valence-electron chi connectivity index (χ1n) is 15.2. The molecule has 9 heteroatoms. The van der Waals surface area contributed by atoms with Gasteiger partial charge in [0.15, 0.2) is 0 Å². The van der Waals surface area contributed by atoms with E-state index in [1.54, 1.807) is 7.11 Å². The number of ether oxygens (including phenoxy) is 2. The summed E-state index contributed by atoms with van der Waals surface area (Å²) in [5.74, 6) is 1.84. The van der Waals surface area contributed by atoms with Crippen molar-refractivity contribution in [2.24, 2.45) is 5.92 Å². The van der Waals surface area contributed by atoms with E-state index in [1.807, 2.05) is 47.5 Å². The summed E-state index contributed by atoms with van der Waals surface area (Å²) in [7, 11) is 1.63. The predicted octanol–water partition coefficient (Wildman–Crippen LogP) is 4.29. The molecule has 2 unspecified atom stereocenters. The molecule has 0 bridgehead atoms. The van der Waals surface area contributed by atoms with E-state index in [0.29, 0.717) is 50.7 Å². The van der Waals surface area contributed by atoms with Crippen LogP contribution in [0.1, 0.15) is 70.3 Å². The number of likely N-dealkylation sites (tertiary alicyclic amines) is 1. The summed E-state index contributed by atoms with van der Waals surface area (Å²) in [5, 5.41) is 14.2. The molecule has 5 rings (SSSR count). The molecule has 1 aromatic carbocycles. The summed E-state index contributed by atoms with van der Waals surface area (Å²) in [5.41, 5.74) is 0.213. The summed E-state index contributed by atoms with van der Waals surface area (Å²) >= 11 is 0. The van der Waals surface area contributed by atoms with Crippen LogP contribution in [-0.4, -0.2) is 76.1 Å². The van der Waals surface area contributed by atoms with E-state index >= 15 is 0 Å². The van der Waals surface area contributed by atoms with Gasteiger partial charge in [0.2, 0.25) is 17.7 Å². The van der Waals surface area contributed by atoms with E-state index in [-0.39, 0.29) is 17.7 Å². The van der Waals surface area contributed by atoms with Crippen LogP contribution in [0, 0.1) is 5.92 Å². The highest BCUT2D eigenvalue weighted by molar-refractivity contribution is 6.00. The van der Waals surface area contributed by atoms with Gasteiger partial charge in [-0.3, -0.25) is 14.5 Å². The van der Waals surface area contributed by atoms with Gasteiger partial charge in [0.25, 0.3) is 0 Å². The normalized spacial score (nSPS) is 22.4. The molecule has 3 fully saturated rings. The van der Waals surface area contributed by atoms with Crippen molar-refractivity contribution >= 4 is 11.8 Å². The van der Waals surface area contributed by atoms with Gasteiger partial charge in [0.1, 0.15) is 23.1 Å². The van der Waals surface area contributed by atoms with Gasteiger partial charge in [-0.25, -0.2) is 4.98 Å². The molecule has 1 spiro atoms. The summed E-state index contributed by atoms with van der Waals surface area (Å²) in [6.45, 7) is 4.75. The average molecular weight is 565 g/mol. The van der Waals surface area contributed by atoms with Crippen molar-refractivity contribution in [1.82, 2.24) is 20.1 Å². The summed E-state index contributed by atoms with van der Waals surface area (Å²) < 4.78 is 11.0. The van der Waals surface area contributed by atoms with Crippen LogP contribution in [0.2, 0.25) is 0 Å². The van der Waals surface area contributed by atoms with Crippen molar-refractivity contribution in [3.8, 4) is 17.4 Å².